The van der Waals surface area contributed by atoms with Gasteiger partial charge in [0.2, 0.25) is 0 Å². The lowest BCUT2D eigenvalue weighted by atomic mass is 9.73. The zero-order chi connectivity index (χ0) is 19.2. The molecular formula is C20H19Cl2NO3. The molecule has 1 aromatic carbocycles. The number of methoxy groups -OCH3 is 1. The highest BCUT2D eigenvalue weighted by Crippen LogP contribution is 2.43. The summed E-state index contributed by atoms with van der Waals surface area (Å²) < 4.78 is 4.95. The lowest BCUT2D eigenvalue weighted by Crippen LogP contribution is -2.30. The fourth-order valence-corrected chi connectivity index (χ4v) is 3.94. The van der Waals surface area contributed by atoms with E-state index in [4.69, 9.17) is 27.9 Å². The summed E-state index contributed by atoms with van der Waals surface area (Å²) in [6.45, 7) is 5.80. The molecule has 0 N–H and O–H groups in total. The quantitative estimate of drug-likeness (QED) is 0.651. The normalized spacial score (nSPS) is 15.5. The smallest absolute Gasteiger partial charge is 0.340 e. The number of aromatic nitrogens is 1. The van der Waals surface area contributed by atoms with Gasteiger partial charge < -0.3 is 4.74 Å². The summed E-state index contributed by atoms with van der Waals surface area (Å²) in [6, 6.07) is 5.16. The lowest BCUT2D eigenvalue weighted by Gasteiger charge is -2.31. The molecule has 1 aliphatic carbocycles. The molecule has 1 aliphatic rings. The van der Waals surface area contributed by atoms with Crippen LogP contribution in [0.2, 0.25) is 10.0 Å². The standard InChI is InChI=1S/C20H19Cl2NO3/c1-10-15(19(25)26-4)16(11-6-5-7-12(21)18(11)22)17-13(23-10)8-20(2,3)9-14(17)24/h5-7H,8-9H2,1-4H3. The fraction of sp³-hybridized carbons (Fsp3) is 0.350. The topological polar surface area (TPSA) is 56.3 Å². The van der Waals surface area contributed by atoms with Gasteiger partial charge in [-0.15, -0.1) is 0 Å². The van der Waals surface area contributed by atoms with E-state index < -0.39 is 5.97 Å². The zero-order valence-electron chi connectivity index (χ0n) is 15.1. The first-order chi connectivity index (χ1) is 12.2. The van der Waals surface area contributed by atoms with Crippen LogP contribution in [0.3, 0.4) is 0 Å². The number of ether oxygens (including phenoxy) is 1. The third-order valence-corrected chi connectivity index (χ3v) is 5.45. The first-order valence-corrected chi connectivity index (χ1v) is 9.01. The average molecular weight is 392 g/mol. The first-order valence-electron chi connectivity index (χ1n) is 8.25. The minimum Gasteiger partial charge on any atom is -0.465 e. The molecule has 136 valence electrons. The second kappa shape index (κ2) is 6.67. The van der Waals surface area contributed by atoms with Gasteiger partial charge in [0.15, 0.2) is 5.78 Å². The Kier molecular flexibility index (Phi) is 4.84. The van der Waals surface area contributed by atoms with Crippen molar-refractivity contribution in [2.75, 3.05) is 7.11 Å². The van der Waals surface area contributed by atoms with Crippen molar-refractivity contribution in [3.8, 4) is 11.1 Å². The summed E-state index contributed by atoms with van der Waals surface area (Å²) in [4.78, 5) is 30.1. The van der Waals surface area contributed by atoms with Gasteiger partial charge in [-0.3, -0.25) is 9.78 Å². The van der Waals surface area contributed by atoms with Gasteiger partial charge in [0.05, 0.1) is 34.1 Å². The molecule has 0 unspecified atom stereocenters. The van der Waals surface area contributed by atoms with Crippen molar-refractivity contribution in [2.24, 2.45) is 5.41 Å². The lowest BCUT2D eigenvalue weighted by molar-refractivity contribution is 0.0600. The highest BCUT2D eigenvalue weighted by molar-refractivity contribution is 6.44. The van der Waals surface area contributed by atoms with Gasteiger partial charge in [0.25, 0.3) is 0 Å². The number of Topliss-reactive ketones (excluding diaryl/α,β-unsaturated/α-hetero) is 1. The van der Waals surface area contributed by atoms with Crippen LogP contribution >= 0.6 is 23.2 Å². The number of hydrogen-bond donors (Lipinski definition) is 0. The van der Waals surface area contributed by atoms with Crippen molar-refractivity contribution in [1.29, 1.82) is 0 Å². The number of benzene rings is 1. The Labute approximate surface area is 162 Å². The van der Waals surface area contributed by atoms with Crippen LogP contribution in [0.25, 0.3) is 11.1 Å². The number of pyridine rings is 1. The number of carbonyl (C=O) groups excluding carboxylic acids is 2. The molecule has 3 rings (SSSR count). The molecule has 0 radical (unpaired) electrons. The summed E-state index contributed by atoms with van der Waals surface area (Å²) in [5, 5.41) is 0.650. The largest absolute Gasteiger partial charge is 0.465 e. The number of fused-ring (bicyclic) bond motifs is 1. The minimum absolute atomic E-state index is 0.0556. The summed E-state index contributed by atoms with van der Waals surface area (Å²) in [6.07, 6.45) is 1.01. The Balaban J connectivity index is 2.44. The van der Waals surface area contributed by atoms with Crippen molar-refractivity contribution in [3.05, 3.63) is 50.8 Å². The Morgan fingerprint density at radius 3 is 2.54 bits per heavy atom. The van der Waals surface area contributed by atoms with E-state index in [1.807, 2.05) is 13.8 Å². The number of halogens is 2. The van der Waals surface area contributed by atoms with Crippen LogP contribution in [0.4, 0.5) is 0 Å². The third-order valence-electron chi connectivity index (χ3n) is 4.63. The molecule has 6 heteroatoms. The summed E-state index contributed by atoms with van der Waals surface area (Å²) in [7, 11) is 1.30. The van der Waals surface area contributed by atoms with Crippen molar-refractivity contribution in [2.45, 2.75) is 33.6 Å². The summed E-state index contributed by atoms with van der Waals surface area (Å²) in [5.41, 5.74) is 2.70. The van der Waals surface area contributed by atoms with Gasteiger partial charge >= 0.3 is 5.97 Å². The van der Waals surface area contributed by atoms with Crippen molar-refractivity contribution >= 4 is 35.0 Å². The highest BCUT2D eigenvalue weighted by atomic mass is 35.5. The average Bonchev–Trinajstić information content (AvgIpc) is 2.54. The molecule has 0 atom stereocenters. The van der Waals surface area contributed by atoms with Crippen LogP contribution in [0.15, 0.2) is 18.2 Å². The Morgan fingerprint density at radius 2 is 1.88 bits per heavy atom. The number of ketones is 1. The zero-order valence-corrected chi connectivity index (χ0v) is 16.6. The van der Waals surface area contributed by atoms with Crippen molar-refractivity contribution < 1.29 is 14.3 Å². The molecule has 1 aromatic heterocycles. The summed E-state index contributed by atoms with van der Waals surface area (Å²) >= 11 is 12.6. The van der Waals surface area contributed by atoms with Gasteiger partial charge in [-0.2, -0.15) is 0 Å². The van der Waals surface area contributed by atoms with E-state index in [1.165, 1.54) is 7.11 Å². The minimum atomic E-state index is -0.554. The van der Waals surface area contributed by atoms with Crippen LogP contribution in [-0.2, 0) is 11.2 Å². The van der Waals surface area contributed by atoms with E-state index in [0.717, 1.165) is 0 Å². The number of rotatable bonds is 2. The predicted molar refractivity (Wildman–Crippen MR) is 102 cm³/mol. The monoisotopic (exact) mass is 391 g/mol. The molecule has 0 saturated carbocycles. The van der Waals surface area contributed by atoms with Gasteiger partial charge in [0.1, 0.15) is 0 Å². The van der Waals surface area contributed by atoms with Crippen LogP contribution in [0.1, 0.15) is 52.4 Å². The predicted octanol–water partition coefficient (Wildman–Crippen LogP) is 5.31. The Bertz CT molecular complexity index is 935. The maximum atomic E-state index is 13.0. The first kappa shape index (κ1) is 18.9. The molecule has 26 heavy (non-hydrogen) atoms. The van der Waals surface area contributed by atoms with Crippen LogP contribution in [-0.4, -0.2) is 23.8 Å². The highest BCUT2D eigenvalue weighted by Gasteiger charge is 2.37. The van der Waals surface area contributed by atoms with Crippen molar-refractivity contribution in [3.63, 3.8) is 0 Å². The molecule has 0 saturated heterocycles. The molecule has 0 aliphatic heterocycles. The molecule has 0 spiro atoms. The number of aryl methyl sites for hydroxylation is 1. The van der Waals surface area contributed by atoms with Gasteiger partial charge in [0, 0.05) is 23.1 Å². The van der Waals surface area contributed by atoms with Gasteiger partial charge in [-0.25, -0.2) is 4.79 Å². The molecule has 2 aromatic rings. The second-order valence-corrected chi connectivity index (χ2v) is 8.09. The van der Waals surface area contributed by atoms with E-state index >= 15 is 0 Å². The third kappa shape index (κ3) is 3.12. The molecular weight excluding hydrogens is 373 g/mol. The van der Waals surface area contributed by atoms with E-state index in [2.05, 4.69) is 4.98 Å². The second-order valence-electron chi connectivity index (χ2n) is 7.30. The molecule has 4 nitrogen and oxygen atoms in total. The Hall–Kier alpha value is -1.91. The maximum Gasteiger partial charge on any atom is 0.340 e. The van der Waals surface area contributed by atoms with E-state index in [9.17, 15) is 9.59 Å². The van der Waals surface area contributed by atoms with Crippen LogP contribution in [0.5, 0.6) is 0 Å². The van der Waals surface area contributed by atoms with Crippen molar-refractivity contribution in [1.82, 2.24) is 4.98 Å². The van der Waals surface area contributed by atoms with E-state index in [-0.39, 0.29) is 16.8 Å². The van der Waals surface area contributed by atoms with Crippen LogP contribution in [0, 0.1) is 12.3 Å². The van der Waals surface area contributed by atoms with Crippen LogP contribution < -0.4 is 0 Å². The van der Waals surface area contributed by atoms with E-state index in [0.29, 0.717) is 51.0 Å². The Morgan fingerprint density at radius 1 is 1.19 bits per heavy atom. The number of carbonyl (C=O) groups is 2. The molecule has 0 fully saturated rings. The number of nitrogens with zero attached hydrogens (tertiary/aromatic N) is 1. The number of esters is 1. The van der Waals surface area contributed by atoms with E-state index in [1.54, 1.807) is 25.1 Å². The fourth-order valence-electron chi connectivity index (χ4n) is 3.55. The SMILES string of the molecule is COC(=O)c1c(C)nc2c(c1-c1cccc(Cl)c1Cl)C(=O)CC(C)(C)C2. The molecule has 0 amide bonds. The molecule has 1 heterocycles. The maximum absolute atomic E-state index is 13.0. The summed E-state index contributed by atoms with van der Waals surface area (Å²) in [5.74, 6) is -0.610. The molecule has 0 bridgehead atoms. The van der Waals surface area contributed by atoms with Gasteiger partial charge in [-0.05, 0) is 24.8 Å². The van der Waals surface area contributed by atoms with Gasteiger partial charge in [-0.1, -0.05) is 49.2 Å². The number of hydrogen-bond acceptors (Lipinski definition) is 4.